The van der Waals surface area contributed by atoms with Crippen LogP contribution in [0.2, 0.25) is 0 Å². The SMILES string of the molecule is c1ccc(-c2ccc(-c3ccc(N(c4ccc(C5CCCCC5)cc4)c4ccc5c(c4)oc4ccccc45)cc3)c(-c3ccccc3)c2)cc1. The first-order valence-corrected chi connectivity index (χ1v) is 18.0. The van der Waals surface area contributed by atoms with Crippen molar-refractivity contribution in [2.24, 2.45) is 0 Å². The Balaban J connectivity index is 1.13. The number of para-hydroxylation sites is 1. The van der Waals surface area contributed by atoms with Crippen molar-refractivity contribution in [2.45, 2.75) is 38.0 Å². The maximum Gasteiger partial charge on any atom is 0.137 e. The second-order valence-electron chi connectivity index (χ2n) is 13.6. The van der Waals surface area contributed by atoms with Crippen LogP contribution in [0.1, 0.15) is 43.6 Å². The van der Waals surface area contributed by atoms with E-state index >= 15 is 0 Å². The summed E-state index contributed by atoms with van der Waals surface area (Å²) in [6.45, 7) is 0. The van der Waals surface area contributed by atoms with Gasteiger partial charge in [0, 0.05) is 33.9 Å². The molecule has 8 aromatic rings. The zero-order valence-corrected chi connectivity index (χ0v) is 28.1. The second-order valence-corrected chi connectivity index (χ2v) is 13.6. The summed E-state index contributed by atoms with van der Waals surface area (Å²) in [4.78, 5) is 2.36. The quantitative estimate of drug-likeness (QED) is 0.171. The van der Waals surface area contributed by atoms with Crippen molar-refractivity contribution in [1.82, 2.24) is 0 Å². The fraction of sp³-hybridized carbons (Fsp3) is 0.125. The standard InChI is InChI=1S/C48H39NO/c1-4-12-34(13-5-1)36-20-25-40(26-21-36)49(42-29-31-45-44-18-10-11-19-47(44)50-48(45)33-42)41-27-22-38(23-28-41)43-30-24-39(35-14-6-2-7-15-35)32-46(43)37-16-8-3-9-17-37/h2-3,6-11,14-34H,1,4-5,12-13H2. The largest absolute Gasteiger partial charge is 0.456 e. The lowest BCUT2D eigenvalue weighted by Gasteiger charge is -2.27. The van der Waals surface area contributed by atoms with Crippen LogP contribution in [0.15, 0.2) is 174 Å². The van der Waals surface area contributed by atoms with E-state index in [-0.39, 0.29) is 0 Å². The van der Waals surface area contributed by atoms with E-state index in [1.165, 1.54) is 71.0 Å². The molecule has 50 heavy (non-hydrogen) atoms. The number of furan rings is 1. The van der Waals surface area contributed by atoms with Gasteiger partial charge in [-0.15, -0.1) is 0 Å². The fourth-order valence-electron chi connectivity index (χ4n) is 7.89. The Morgan fingerprint density at radius 1 is 0.400 bits per heavy atom. The van der Waals surface area contributed by atoms with Crippen LogP contribution in [-0.4, -0.2) is 0 Å². The lowest BCUT2D eigenvalue weighted by Crippen LogP contribution is -2.10. The number of anilines is 3. The van der Waals surface area contributed by atoms with Gasteiger partial charge >= 0.3 is 0 Å². The molecule has 1 aromatic heterocycles. The third kappa shape index (κ3) is 5.77. The molecule has 1 aliphatic rings. The molecule has 1 aliphatic carbocycles. The first-order valence-electron chi connectivity index (χ1n) is 18.0. The molecule has 0 aliphatic heterocycles. The lowest BCUT2D eigenvalue weighted by molar-refractivity contribution is 0.443. The molecule has 0 saturated heterocycles. The van der Waals surface area contributed by atoms with Crippen LogP contribution in [0.5, 0.6) is 0 Å². The summed E-state index contributed by atoms with van der Waals surface area (Å²) >= 11 is 0. The molecule has 9 rings (SSSR count). The summed E-state index contributed by atoms with van der Waals surface area (Å²) < 4.78 is 6.36. The minimum absolute atomic E-state index is 0.671. The highest BCUT2D eigenvalue weighted by Crippen LogP contribution is 2.42. The number of nitrogens with zero attached hydrogens (tertiary/aromatic N) is 1. The molecule has 0 amide bonds. The topological polar surface area (TPSA) is 16.4 Å². The monoisotopic (exact) mass is 645 g/mol. The van der Waals surface area contributed by atoms with Gasteiger partial charge in [0.1, 0.15) is 11.2 Å². The molecular formula is C48H39NO. The number of rotatable bonds is 7. The van der Waals surface area contributed by atoms with Crippen molar-refractivity contribution in [3.8, 4) is 33.4 Å². The predicted octanol–water partition coefficient (Wildman–Crippen LogP) is 14.1. The highest BCUT2D eigenvalue weighted by atomic mass is 16.3. The summed E-state index contributed by atoms with van der Waals surface area (Å²) in [5, 5.41) is 2.29. The van der Waals surface area contributed by atoms with E-state index in [0.29, 0.717) is 5.92 Å². The van der Waals surface area contributed by atoms with Gasteiger partial charge in [-0.2, -0.15) is 0 Å². The van der Waals surface area contributed by atoms with Crippen LogP contribution in [-0.2, 0) is 0 Å². The molecule has 0 bridgehead atoms. The minimum atomic E-state index is 0.671. The molecule has 1 heterocycles. The van der Waals surface area contributed by atoms with E-state index in [4.69, 9.17) is 4.42 Å². The molecule has 0 spiro atoms. The fourth-order valence-corrected chi connectivity index (χ4v) is 7.89. The predicted molar refractivity (Wildman–Crippen MR) is 211 cm³/mol. The number of hydrogen-bond donors (Lipinski definition) is 0. The number of benzene rings is 7. The molecule has 2 heteroatoms. The van der Waals surface area contributed by atoms with Gasteiger partial charge in [-0.25, -0.2) is 0 Å². The minimum Gasteiger partial charge on any atom is -0.456 e. The highest BCUT2D eigenvalue weighted by Gasteiger charge is 2.19. The molecule has 1 saturated carbocycles. The Bertz CT molecular complexity index is 2380. The van der Waals surface area contributed by atoms with Crippen LogP contribution >= 0.6 is 0 Å². The van der Waals surface area contributed by atoms with Crippen LogP contribution in [0, 0.1) is 0 Å². The van der Waals surface area contributed by atoms with Gasteiger partial charge in [-0.3, -0.25) is 0 Å². The van der Waals surface area contributed by atoms with Gasteiger partial charge in [-0.05, 0) is 106 Å². The van der Waals surface area contributed by atoms with Gasteiger partial charge in [0.05, 0.1) is 0 Å². The van der Waals surface area contributed by atoms with Gasteiger partial charge < -0.3 is 9.32 Å². The molecule has 7 aromatic carbocycles. The van der Waals surface area contributed by atoms with E-state index in [9.17, 15) is 0 Å². The summed E-state index contributed by atoms with van der Waals surface area (Å²) in [5.74, 6) is 0.671. The summed E-state index contributed by atoms with van der Waals surface area (Å²) in [6, 6.07) is 61.5. The molecule has 2 nitrogen and oxygen atoms in total. The van der Waals surface area contributed by atoms with Crippen molar-refractivity contribution in [3.63, 3.8) is 0 Å². The highest BCUT2D eigenvalue weighted by molar-refractivity contribution is 6.06. The zero-order chi connectivity index (χ0) is 33.3. The van der Waals surface area contributed by atoms with E-state index in [2.05, 4.69) is 163 Å². The molecule has 0 atom stereocenters. The first-order chi connectivity index (χ1) is 24.8. The smallest absolute Gasteiger partial charge is 0.137 e. The van der Waals surface area contributed by atoms with E-state index in [1.54, 1.807) is 0 Å². The Labute approximate surface area is 294 Å². The normalized spacial score (nSPS) is 13.5. The summed E-state index contributed by atoms with van der Waals surface area (Å²) in [6.07, 6.45) is 6.63. The number of fused-ring (bicyclic) bond motifs is 3. The van der Waals surface area contributed by atoms with Gasteiger partial charge in [0.15, 0.2) is 0 Å². The Kier molecular flexibility index (Phi) is 7.99. The Morgan fingerprint density at radius 3 is 1.72 bits per heavy atom. The summed E-state index contributed by atoms with van der Waals surface area (Å²) in [7, 11) is 0. The summed E-state index contributed by atoms with van der Waals surface area (Å²) in [5.41, 5.74) is 13.9. The number of hydrogen-bond acceptors (Lipinski definition) is 2. The van der Waals surface area contributed by atoms with Gasteiger partial charge in [-0.1, -0.05) is 135 Å². The van der Waals surface area contributed by atoms with Crippen LogP contribution in [0.3, 0.4) is 0 Å². The molecule has 0 unspecified atom stereocenters. The molecular weight excluding hydrogens is 607 g/mol. The van der Waals surface area contributed by atoms with Crippen molar-refractivity contribution < 1.29 is 4.42 Å². The first kappa shape index (κ1) is 30.2. The molecule has 0 N–H and O–H groups in total. The van der Waals surface area contributed by atoms with Gasteiger partial charge in [0.25, 0.3) is 0 Å². The maximum absolute atomic E-state index is 6.36. The van der Waals surface area contributed by atoms with Crippen molar-refractivity contribution in [2.75, 3.05) is 4.90 Å². The molecule has 242 valence electrons. The average Bonchev–Trinajstić information content (AvgIpc) is 3.57. The van der Waals surface area contributed by atoms with E-state index < -0.39 is 0 Å². The molecule has 0 radical (unpaired) electrons. The van der Waals surface area contributed by atoms with Gasteiger partial charge in [0.2, 0.25) is 0 Å². The van der Waals surface area contributed by atoms with E-state index in [1.807, 2.05) is 12.1 Å². The second kappa shape index (κ2) is 13.2. The third-order valence-electron chi connectivity index (χ3n) is 10.5. The van der Waals surface area contributed by atoms with E-state index in [0.717, 1.165) is 39.0 Å². The third-order valence-corrected chi connectivity index (χ3v) is 10.5. The maximum atomic E-state index is 6.36. The van der Waals surface area contributed by atoms with Crippen molar-refractivity contribution >= 4 is 39.0 Å². The van der Waals surface area contributed by atoms with Crippen LogP contribution < -0.4 is 4.90 Å². The van der Waals surface area contributed by atoms with Crippen molar-refractivity contribution in [3.05, 3.63) is 175 Å². The molecule has 1 fully saturated rings. The lowest BCUT2D eigenvalue weighted by atomic mass is 9.84. The van der Waals surface area contributed by atoms with Crippen molar-refractivity contribution in [1.29, 1.82) is 0 Å². The zero-order valence-electron chi connectivity index (χ0n) is 28.1. The Morgan fingerprint density at radius 2 is 0.980 bits per heavy atom. The Hall–Kier alpha value is -5.86. The van der Waals surface area contributed by atoms with Crippen LogP contribution in [0.25, 0.3) is 55.3 Å². The average molecular weight is 646 g/mol. The van der Waals surface area contributed by atoms with Crippen LogP contribution in [0.4, 0.5) is 17.1 Å².